The van der Waals surface area contributed by atoms with E-state index in [1.54, 1.807) is 0 Å². The fraction of sp³-hybridized carbons (Fsp3) is 0.0833. The van der Waals surface area contributed by atoms with Crippen molar-refractivity contribution in [2.75, 3.05) is 0 Å². The monoisotopic (exact) mass is 396 g/mol. The van der Waals surface area contributed by atoms with Crippen LogP contribution in [0.4, 0.5) is 0 Å². The lowest BCUT2D eigenvalue weighted by Crippen LogP contribution is -2.27. The lowest BCUT2D eigenvalue weighted by Gasteiger charge is -2.00. The van der Waals surface area contributed by atoms with Crippen LogP contribution in [0.25, 0.3) is 21.5 Å². The van der Waals surface area contributed by atoms with E-state index in [4.69, 9.17) is 0 Å². The van der Waals surface area contributed by atoms with Gasteiger partial charge in [-0.15, -0.1) is 0 Å². The SMILES string of the molecule is O=c1c2ccc3c(=O)n(Cc4ccccc4)c(=O)c3c2c(=O)n1Cc1ccccc1. The zero-order valence-corrected chi connectivity index (χ0v) is 15.9. The molecule has 0 unspecified atom stereocenters. The summed E-state index contributed by atoms with van der Waals surface area (Å²) in [5.74, 6) is 0. The molecule has 5 rings (SSSR count). The Hall–Kier alpha value is -4.06. The summed E-state index contributed by atoms with van der Waals surface area (Å²) in [5, 5.41) is 0.388. The summed E-state index contributed by atoms with van der Waals surface area (Å²) in [4.78, 5) is 52.0. The van der Waals surface area contributed by atoms with Crippen molar-refractivity contribution in [3.8, 4) is 0 Å². The third-order valence-electron chi connectivity index (χ3n) is 5.44. The van der Waals surface area contributed by atoms with Crippen LogP contribution < -0.4 is 22.2 Å². The lowest BCUT2D eigenvalue weighted by molar-refractivity contribution is 0.752. The second-order valence-corrected chi connectivity index (χ2v) is 7.27. The lowest BCUT2D eigenvalue weighted by atomic mass is 10.1. The van der Waals surface area contributed by atoms with Crippen LogP contribution in [0.2, 0.25) is 0 Å². The molecule has 0 saturated carbocycles. The molecule has 6 heteroatoms. The minimum absolute atomic E-state index is 0.0299. The third-order valence-corrected chi connectivity index (χ3v) is 5.44. The van der Waals surface area contributed by atoms with Gasteiger partial charge in [0.2, 0.25) is 0 Å². The molecule has 0 radical (unpaired) electrons. The minimum Gasteiger partial charge on any atom is -0.270 e. The topological polar surface area (TPSA) is 78.1 Å². The summed E-state index contributed by atoms with van der Waals surface area (Å²) in [5.41, 5.74) is -0.392. The smallest absolute Gasteiger partial charge is 0.262 e. The van der Waals surface area contributed by atoms with Crippen molar-refractivity contribution in [3.63, 3.8) is 0 Å². The number of rotatable bonds is 4. The molecule has 0 spiro atoms. The molecule has 0 aliphatic rings. The molecule has 0 bridgehead atoms. The number of benzene rings is 3. The zero-order valence-electron chi connectivity index (χ0n) is 15.9. The van der Waals surface area contributed by atoms with E-state index in [2.05, 4.69) is 0 Å². The Kier molecular flexibility index (Phi) is 4.06. The highest BCUT2D eigenvalue weighted by atomic mass is 16.2. The van der Waals surface area contributed by atoms with Gasteiger partial charge in [0, 0.05) is 0 Å². The van der Waals surface area contributed by atoms with Crippen LogP contribution in [0.15, 0.2) is 92.0 Å². The summed E-state index contributed by atoms with van der Waals surface area (Å²) in [7, 11) is 0. The summed E-state index contributed by atoms with van der Waals surface area (Å²) in [6.07, 6.45) is 0. The molecule has 146 valence electrons. The summed E-state index contributed by atoms with van der Waals surface area (Å²) in [6, 6.07) is 21.2. The molecule has 0 fully saturated rings. The van der Waals surface area contributed by atoms with Crippen molar-refractivity contribution in [3.05, 3.63) is 125 Å². The maximum atomic E-state index is 13.1. The molecule has 2 heterocycles. The van der Waals surface area contributed by atoms with Crippen LogP contribution in [-0.2, 0) is 13.1 Å². The molecule has 3 aromatic carbocycles. The predicted molar refractivity (Wildman–Crippen MR) is 116 cm³/mol. The molecule has 0 aliphatic carbocycles. The fourth-order valence-electron chi connectivity index (χ4n) is 3.97. The Balaban J connectivity index is 1.76. The van der Waals surface area contributed by atoms with Gasteiger partial charge in [-0.1, -0.05) is 60.7 Å². The summed E-state index contributed by atoms with van der Waals surface area (Å²) >= 11 is 0. The van der Waals surface area contributed by atoms with Crippen LogP contribution in [-0.4, -0.2) is 9.13 Å². The van der Waals surface area contributed by atoms with Gasteiger partial charge in [0.15, 0.2) is 0 Å². The Bertz CT molecular complexity index is 1480. The van der Waals surface area contributed by atoms with Gasteiger partial charge in [-0.05, 0) is 23.3 Å². The standard InChI is InChI=1S/C24H16N2O4/c27-21-17-11-12-18-20(19(17)23(29)25(21)13-15-7-3-1-4-8-15)24(30)26(22(18)28)14-16-9-5-2-6-10-16/h1-12H,13-14H2. The van der Waals surface area contributed by atoms with Crippen molar-refractivity contribution in [2.45, 2.75) is 13.1 Å². The van der Waals surface area contributed by atoms with Crippen LogP contribution in [0.5, 0.6) is 0 Å². The summed E-state index contributed by atoms with van der Waals surface area (Å²) < 4.78 is 2.25. The zero-order chi connectivity index (χ0) is 20.8. The Morgan fingerprint density at radius 1 is 0.467 bits per heavy atom. The van der Waals surface area contributed by atoms with E-state index in [0.717, 1.165) is 20.3 Å². The van der Waals surface area contributed by atoms with Gasteiger partial charge in [-0.3, -0.25) is 28.3 Å². The first-order valence-electron chi connectivity index (χ1n) is 9.53. The van der Waals surface area contributed by atoms with E-state index in [0.29, 0.717) is 0 Å². The molecule has 30 heavy (non-hydrogen) atoms. The molecule has 0 saturated heterocycles. The molecule has 5 aromatic rings. The predicted octanol–water partition coefficient (Wildman–Crippen LogP) is 2.01. The van der Waals surface area contributed by atoms with E-state index in [1.807, 2.05) is 60.7 Å². The summed E-state index contributed by atoms with van der Waals surface area (Å²) in [6.45, 7) is 0.218. The van der Waals surface area contributed by atoms with Gasteiger partial charge < -0.3 is 0 Å². The van der Waals surface area contributed by atoms with E-state index in [9.17, 15) is 19.2 Å². The first kappa shape index (κ1) is 18.0. The maximum absolute atomic E-state index is 13.1. The van der Waals surface area contributed by atoms with Crippen LogP contribution in [0.3, 0.4) is 0 Å². The van der Waals surface area contributed by atoms with Crippen molar-refractivity contribution in [1.82, 2.24) is 9.13 Å². The highest BCUT2D eigenvalue weighted by molar-refractivity contribution is 6.07. The maximum Gasteiger partial charge on any atom is 0.262 e. The molecule has 0 aliphatic heterocycles. The average molecular weight is 396 g/mol. The number of nitrogens with zero attached hydrogens (tertiary/aromatic N) is 2. The van der Waals surface area contributed by atoms with Gasteiger partial charge in [0.25, 0.3) is 22.2 Å². The molecule has 2 aromatic heterocycles. The van der Waals surface area contributed by atoms with Crippen LogP contribution >= 0.6 is 0 Å². The van der Waals surface area contributed by atoms with Crippen molar-refractivity contribution >= 4 is 21.5 Å². The van der Waals surface area contributed by atoms with Gasteiger partial charge in [0.1, 0.15) is 0 Å². The van der Waals surface area contributed by atoms with E-state index >= 15 is 0 Å². The third kappa shape index (κ3) is 2.65. The molecular formula is C24H16N2O4. The van der Waals surface area contributed by atoms with Crippen LogP contribution in [0, 0.1) is 0 Å². The molecule has 0 N–H and O–H groups in total. The largest absolute Gasteiger partial charge is 0.270 e. The van der Waals surface area contributed by atoms with Crippen molar-refractivity contribution < 1.29 is 0 Å². The number of hydrogen-bond donors (Lipinski definition) is 0. The number of fused-ring (bicyclic) bond motifs is 3. The van der Waals surface area contributed by atoms with E-state index < -0.39 is 22.2 Å². The van der Waals surface area contributed by atoms with Crippen molar-refractivity contribution in [1.29, 1.82) is 0 Å². The van der Waals surface area contributed by atoms with Gasteiger partial charge >= 0.3 is 0 Å². The molecule has 6 nitrogen and oxygen atoms in total. The second-order valence-electron chi connectivity index (χ2n) is 7.27. The quantitative estimate of drug-likeness (QED) is 0.466. The van der Waals surface area contributed by atoms with E-state index in [-0.39, 0.29) is 34.6 Å². The number of aromatic nitrogens is 2. The van der Waals surface area contributed by atoms with Gasteiger partial charge in [-0.25, -0.2) is 0 Å². The fourth-order valence-corrected chi connectivity index (χ4v) is 3.97. The molecule has 0 atom stereocenters. The van der Waals surface area contributed by atoms with Crippen molar-refractivity contribution in [2.24, 2.45) is 0 Å². The Labute approximate surface area is 169 Å². The first-order valence-corrected chi connectivity index (χ1v) is 9.53. The highest BCUT2D eigenvalue weighted by Crippen LogP contribution is 2.17. The normalized spacial score (nSPS) is 11.5. The minimum atomic E-state index is -0.543. The van der Waals surface area contributed by atoms with Crippen LogP contribution in [0.1, 0.15) is 11.1 Å². The highest BCUT2D eigenvalue weighted by Gasteiger charge is 2.22. The average Bonchev–Trinajstić information content (AvgIpc) is 3.16. The molecule has 0 amide bonds. The Morgan fingerprint density at radius 2 is 0.833 bits per heavy atom. The number of hydrogen-bond acceptors (Lipinski definition) is 4. The van der Waals surface area contributed by atoms with Gasteiger partial charge in [-0.2, -0.15) is 0 Å². The van der Waals surface area contributed by atoms with Gasteiger partial charge in [0.05, 0.1) is 34.6 Å². The Morgan fingerprint density at radius 3 is 1.20 bits per heavy atom. The van der Waals surface area contributed by atoms with E-state index in [1.165, 1.54) is 12.1 Å². The second kappa shape index (κ2) is 6.77. The molecular weight excluding hydrogens is 380 g/mol. The first-order chi connectivity index (χ1) is 14.6.